The lowest BCUT2D eigenvalue weighted by Gasteiger charge is -2.33. The maximum absolute atomic E-state index is 4.67. The lowest BCUT2D eigenvalue weighted by molar-refractivity contribution is 0.312. The molecule has 0 saturated carbocycles. The number of aliphatic imine (C=N–C) groups is 1. The minimum absolute atomic E-state index is 0. The number of pyridine rings is 1. The Labute approximate surface area is 195 Å². The molecule has 166 valence electrons. The Bertz CT molecular complexity index is 594. The van der Waals surface area contributed by atoms with Gasteiger partial charge in [0.15, 0.2) is 5.96 Å². The Morgan fingerprint density at radius 2 is 1.86 bits per heavy atom. The van der Waals surface area contributed by atoms with Gasteiger partial charge in [-0.3, -0.25) is 4.99 Å². The molecule has 2 heterocycles. The number of nitrogens with one attached hydrogen (secondary N) is 2. The van der Waals surface area contributed by atoms with Crippen LogP contribution in [-0.4, -0.2) is 62.7 Å². The summed E-state index contributed by atoms with van der Waals surface area (Å²) in [6.07, 6.45) is 7.09. The zero-order chi connectivity index (χ0) is 20.4. The second kappa shape index (κ2) is 13.3. The average Bonchev–Trinajstić information content (AvgIpc) is 2.69. The molecule has 7 heteroatoms. The highest BCUT2D eigenvalue weighted by atomic mass is 127. The molecular weight excluding hydrogens is 475 g/mol. The van der Waals surface area contributed by atoms with Gasteiger partial charge in [0, 0.05) is 52.5 Å². The average molecular weight is 517 g/mol. The number of piperazine rings is 1. The van der Waals surface area contributed by atoms with Gasteiger partial charge in [-0.2, -0.15) is 0 Å². The molecule has 1 fully saturated rings. The molecule has 1 aliphatic heterocycles. The predicted octanol–water partition coefficient (Wildman–Crippen LogP) is 3.72. The number of hydrogen-bond acceptors (Lipinski definition) is 4. The van der Waals surface area contributed by atoms with Crippen molar-refractivity contribution in [3.8, 4) is 0 Å². The topological polar surface area (TPSA) is 55.8 Å². The molecule has 2 N–H and O–H groups in total. The second-order valence-electron chi connectivity index (χ2n) is 8.72. The highest BCUT2D eigenvalue weighted by Gasteiger charge is 2.18. The summed E-state index contributed by atoms with van der Waals surface area (Å²) in [5.41, 5.74) is 1.45. The van der Waals surface area contributed by atoms with Crippen molar-refractivity contribution in [2.45, 2.75) is 53.0 Å². The summed E-state index contributed by atoms with van der Waals surface area (Å²) in [6.45, 7) is 12.8. The van der Waals surface area contributed by atoms with E-state index in [9.17, 15) is 0 Å². The first kappa shape index (κ1) is 25.9. The maximum Gasteiger partial charge on any atom is 0.191 e. The number of guanidine groups is 1. The van der Waals surface area contributed by atoms with Crippen molar-refractivity contribution in [3.05, 3.63) is 23.9 Å². The van der Waals surface area contributed by atoms with E-state index >= 15 is 0 Å². The third-order valence-corrected chi connectivity index (χ3v) is 5.51. The lowest BCUT2D eigenvalue weighted by atomic mass is 9.87. The minimum Gasteiger partial charge on any atom is -0.356 e. The number of likely N-dealkylation sites (N-methyl/N-ethyl adjacent to an activating group) is 1. The van der Waals surface area contributed by atoms with Crippen LogP contribution in [0.25, 0.3) is 0 Å². The van der Waals surface area contributed by atoms with Gasteiger partial charge in [0.1, 0.15) is 5.82 Å². The lowest BCUT2D eigenvalue weighted by Crippen LogP contribution is -2.44. The summed E-state index contributed by atoms with van der Waals surface area (Å²) < 4.78 is 0. The second-order valence-corrected chi connectivity index (χ2v) is 8.72. The van der Waals surface area contributed by atoms with Crippen molar-refractivity contribution < 1.29 is 0 Å². The van der Waals surface area contributed by atoms with Crippen molar-refractivity contribution in [2.24, 2.45) is 10.4 Å². The summed E-state index contributed by atoms with van der Waals surface area (Å²) >= 11 is 0. The largest absolute Gasteiger partial charge is 0.356 e. The normalized spacial score (nSPS) is 15.8. The van der Waals surface area contributed by atoms with Crippen molar-refractivity contribution in [2.75, 3.05) is 51.7 Å². The van der Waals surface area contributed by atoms with Gasteiger partial charge in [0.05, 0.1) is 0 Å². The van der Waals surface area contributed by atoms with E-state index in [4.69, 9.17) is 0 Å². The van der Waals surface area contributed by atoms with Crippen molar-refractivity contribution in [1.82, 2.24) is 20.5 Å². The van der Waals surface area contributed by atoms with Crippen LogP contribution in [-0.2, 0) is 6.54 Å². The molecule has 1 aromatic rings. The fourth-order valence-corrected chi connectivity index (χ4v) is 3.42. The first-order chi connectivity index (χ1) is 13.4. The van der Waals surface area contributed by atoms with Crippen LogP contribution in [0.3, 0.4) is 0 Å². The molecule has 0 bridgehead atoms. The van der Waals surface area contributed by atoms with E-state index in [1.54, 1.807) is 0 Å². The van der Waals surface area contributed by atoms with Crippen molar-refractivity contribution in [1.29, 1.82) is 0 Å². The van der Waals surface area contributed by atoms with Crippen LogP contribution in [0.5, 0.6) is 0 Å². The highest BCUT2D eigenvalue weighted by Crippen LogP contribution is 2.22. The zero-order valence-electron chi connectivity index (χ0n) is 19.0. The SMILES string of the molecule is CCCCCC(C)(C)CNC(=NC)NCc1ccc(N2CCN(C)CC2)nc1.I. The van der Waals surface area contributed by atoms with Crippen LogP contribution in [0.15, 0.2) is 23.3 Å². The standard InChI is InChI=1S/C22H40N6.HI/c1-6-7-8-11-22(2,3)18-26-21(23-4)25-17-19-9-10-20(24-16-19)28-14-12-27(5)13-15-28;/h9-10,16H,6-8,11-15,17-18H2,1-5H3,(H2,23,25,26);1H. The summed E-state index contributed by atoms with van der Waals surface area (Å²) in [5.74, 6) is 1.93. The van der Waals surface area contributed by atoms with Crippen LogP contribution in [0.4, 0.5) is 5.82 Å². The van der Waals surface area contributed by atoms with Gasteiger partial charge in [-0.15, -0.1) is 24.0 Å². The Morgan fingerprint density at radius 3 is 2.45 bits per heavy atom. The number of hydrogen-bond donors (Lipinski definition) is 2. The van der Waals surface area contributed by atoms with Gasteiger partial charge in [-0.1, -0.05) is 46.1 Å². The summed E-state index contributed by atoms with van der Waals surface area (Å²) in [5, 5.41) is 6.89. The van der Waals surface area contributed by atoms with E-state index < -0.39 is 0 Å². The van der Waals surface area contributed by atoms with Gasteiger partial charge < -0.3 is 20.4 Å². The first-order valence-corrected chi connectivity index (χ1v) is 10.8. The molecule has 1 aliphatic rings. The molecule has 0 spiro atoms. The van der Waals surface area contributed by atoms with Gasteiger partial charge in [0.25, 0.3) is 0 Å². The molecule has 0 aliphatic carbocycles. The third-order valence-electron chi connectivity index (χ3n) is 5.51. The van der Waals surface area contributed by atoms with Crippen LogP contribution in [0.1, 0.15) is 52.0 Å². The fourth-order valence-electron chi connectivity index (χ4n) is 3.42. The van der Waals surface area contributed by atoms with E-state index in [0.717, 1.165) is 51.0 Å². The van der Waals surface area contributed by atoms with Gasteiger partial charge >= 0.3 is 0 Å². The smallest absolute Gasteiger partial charge is 0.191 e. The molecule has 1 aromatic heterocycles. The Morgan fingerprint density at radius 1 is 1.14 bits per heavy atom. The quantitative estimate of drug-likeness (QED) is 0.227. The summed E-state index contributed by atoms with van der Waals surface area (Å²) in [4.78, 5) is 13.7. The fraction of sp³-hybridized carbons (Fsp3) is 0.727. The van der Waals surface area contributed by atoms with E-state index in [2.05, 4.69) is 70.4 Å². The van der Waals surface area contributed by atoms with Gasteiger partial charge in [0.2, 0.25) is 0 Å². The van der Waals surface area contributed by atoms with E-state index in [0.29, 0.717) is 0 Å². The Kier molecular flexibility index (Phi) is 11.9. The molecule has 29 heavy (non-hydrogen) atoms. The Hall–Kier alpha value is -1.09. The molecule has 0 aromatic carbocycles. The third kappa shape index (κ3) is 9.51. The molecule has 6 nitrogen and oxygen atoms in total. The molecule has 0 amide bonds. The summed E-state index contributed by atoms with van der Waals surface area (Å²) in [7, 11) is 4.00. The predicted molar refractivity (Wildman–Crippen MR) is 135 cm³/mol. The summed E-state index contributed by atoms with van der Waals surface area (Å²) in [6, 6.07) is 4.30. The van der Waals surface area contributed by atoms with Crippen LogP contribution in [0.2, 0.25) is 0 Å². The number of nitrogens with zero attached hydrogens (tertiary/aromatic N) is 4. The van der Waals surface area contributed by atoms with E-state index in [1.807, 2.05) is 13.2 Å². The van der Waals surface area contributed by atoms with Gasteiger partial charge in [-0.25, -0.2) is 4.98 Å². The van der Waals surface area contributed by atoms with Gasteiger partial charge in [-0.05, 0) is 30.5 Å². The van der Waals surface area contributed by atoms with Crippen LogP contribution < -0.4 is 15.5 Å². The molecule has 0 atom stereocenters. The Balaban J connectivity index is 0.00000420. The molecule has 0 unspecified atom stereocenters. The monoisotopic (exact) mass is 516 g/mol. The number of rotatable bonds is 9. The number of aromatic nitrogens is 1. The molecular formula is C22H41IN6. The number of unbranched alkanes of at least 4 members (excludes halogenated alkanes) is 2. The number of halogens is 1. The first-order valence-electron chi connectivity index (χ1n) is 10.8. The van der Waals surface area contributed by atoms with Crippen LogP contribution >= 0.6 is 24.0 Å². The molecule has 0 radical (unpaired) electrons. The maximum atomic E-state index is 4.67. The van der Waals surface area contributed by atoms with E-state index in [1.165, 1.54) is 31.2 Å². The van der Waals surface area contributed by atoms with Crippen LogP contribution in [0, 0.1) is 5.41 Å². The van der Waals surface area contributed by atoms with Crippen molar-refractivity contribution in [3.63, 3.8) is 0 Å². The van der Waals surface area contributed by atoms with Crippen molar-refractivity contribution >= 4 is 35.8 Å². The number of anilines is 1. The highest BCUT2D eigenvalue weighted by molar-refractivity contribution is 14.0. The molecule has 2 rings (SSSR count). The minimum atomic E-state index is 0. The van der Waals surface area contributed by atoms with E-state index in [-0.39, 0.29) is 29.4 Å². The molecule has 1 saturated heterocycles. The zero-order valence-corrected chi connectivity index (χ0v) is 21.3.